The molecule has 2 N–H and O–H groups in total. The zero-order valence-electron chi connectivity index (χ0n) is 14.6. The van der Waals surface area contributed by atoms with Gasteiger partial charge in [-0.05, 0) is 37.1 Å². The fraction of sp³-hybridized carbons (Fsp3) is 0.350. The van der Waals surface area contributed by atoms with Crippen LogP contribution in [0.25, 0.3) is 0 Å². The third-order valence-electron chi connectivity index (χ3n) is 4.57. The van der Waals surface area contributed by atoms with Crippen LogP contribution in [0.1, 0.15) is 41.4 Å². The van der Waals surface area contributed by atoms with Gasteiger partial charge in [-0.1, -0.05) is 42.5 Å². The quantitative estimate of drug-likeness (QED) is 0.910. The lowest BCUT2D eigenvalue weighted by Gasteiger charge is -2.45. The summed E-state index contributed by atoms with van der Waals surface area (Å²) in [5.74, 6) is 0.0350. The van der Waals surface area contributed by atoms with Gasteiger partial charge in [0.1, 0.15) is 6.10 Å². The van der Waals surface area contributed by atoms with Gasteiger partial charge in [-0.15, -0.1) is 12.4 Å². The van der Waals surface area contributed by atoms with Crippen LogP contribution in [0, 0.1) is 0 Å². The van der Waals surface area contributed by atoms with Gasteiger partial charge in [0.2, 0.25) is 0 Å². The summed E-state index contributed by atoms with van der Waals surface area (Å²) in [6, 6.07) is 17.6. The van der Waals surface area contributed by atoms with Crippen molar-refractivity contribution in [1.82, 2.24) is 4.90 Å². The second-order valence-electron chi connectivity index (χ2n) is 6.84. The molecule has 5 heteroatoms. The number of carbonyl (C=O) groups excluding carboxylic acids is 1. The van der Waals surface area contributed by atoms with Gasteiger partial charge in [0, 0.05) is 12.1 Å². The highest BCUT2D eigenvalue weighted by molar-refractivity contribution is 5.94. The first-order chi connectivity index (χ1) is 11.5. The van der Waals surface area contributed by atoms with Gasteiger partial charge in [0.15, 0.2) is 0 Å². The summed E-state index contributed by atoms with van der Waals surface area (Å²) in [6.07, 6.45) is -0.0912. The van der Waals surface area contributed by atoms with E-state index in [1.54, 1.807) is 0 Å². The van der Waals surface area contributed by atoms with Crippen LogP contribution in [0.3, 0.4) is 0 Å². The van der Waals surface area contributed by atoms with E-state index in [0.717, 1.165) is 11.1 Å². The van der Waals surface area contributed by atoms with E-state index in [1.165, 1.54) is 0 Å². The zero-order valence-corrected chi connectivity index (χ0v) is 15.5. The fourth-order valence-electron chi connectivity index (χ4n) is 3.01. The van der Waals surface area contributed by atoms with Crippen LogP contribution < -0.4 is 5.73 Å². The van der Waals surface area contributed by atoms with E-state index in [-0.39, 0.29) is 30.0 Å². The summed E-state index contributed by atoms with van der Waals surface area (Å²) in [7, 11) is 0. The Labute approximate surface area is 155 Å². The molecular weight excluding hydrogens is 336 g/mol. The molecule has 1 aliphatic rings. The van der Waals surface area contributed by atoms with Gasteiger partial charge in [-0.2, -0.15) is 0 Å². The molecular formula is C20H25ClN2O2. The van der Waals surface area contributed by atoms with E-state index in [1.807, 2.05) is 73.3 Å². The number of benzene rings is 2. The summed E-state index contributed by atoms with van der Waals surface area (Å²) in [6.45, 7) is 5.63. The molecule has 1 saturated heterocycles. The van der Waals surface area contributed by atoms with Crippen LogP contribution in [-0.4, -0.2) is 29.5 Å². The van der Waals surface area contributed by atoms with E-state index in [0.29, 0.717) is 25.3 Å². The first kappa shape index (κ1) is 19.4. The van der Waals surface area contributed by atoms with Gasteiger partial charge in [-0.25, -0.2) is 0 Å². The minimum Gasteiger partial charge on any atom is -0.369 e. The first-order valence-corrected chi connectivity index (χ1v) is 8.29. The molecule has 1 amide bonds. The normalized spacial score (nSPS) is 19.2. The predicted octanol–water partition coefficient (Wildman–Crippen LogP) is 3.56. The molecule has 0 bridgehead atoms. The van der Waals surface area contributed by atoms with Gasteiger partial charge in [-0.3, -0.25) is 4.79 Å². The van der Waals surface area contributed by atoms with Crippen LogP contribution in [0.4, 0.5) is 0 Å². The van der Waals surface area contributed by atoms with E-state index in [9.17, 15) is 4.79 Å². The highest BCUT2D eigenvalue weighted by atomic mass is 35.5. The number of halogens is 1. The van der Waals surface area contributed by atoms with Crippen molar-refractivity contribution in [2.75, 3.05) is 13.2 Å². The molecule has 0 radical (unpaired) electrons. The van der Waals surface area contributed by atoms with Gasteiger partial charge in [0.25, 0.3) is 5.91 Å². The lowest BCUT2D eigenvalue weighted by atomic mass is 9.96. The molecule has 4 nitrogen and oxygen atoms in total. The molecule has 25 heavy (non-hydrogen) atoms. The molecule has 1 heterocycles. The van der Waals surface area contributed by atoms with Gasteiger partial charge in [0.05, 0.1) is 18.7 Å². The second kappa shape index (κ2) is 8.00. The minimum atomic E-state index is -0.338. The maximum absolute atomic E-state index is 13.0. The fourth-order valence-corrected chi connectivity index (χ4v) is 3.01. The van der Waals surface area contributed by atoms with Gasteiger partial charge < -0.3 is 15.4 Å². The van der Waals surface area contributed by atoms with Crippen molar-refractivity contribution in [2.24, 2.45) is 5.73 Å². The Morgan fingerprint density at radius 3 is 2.40 bits per heavy atom. The smallest absolute Gasteiger partial charge is 0.254 e. The highest BCUT2D eigenvalue weighted by Gasteiger charge is 2.38. The molecule has 0 spiro atoms. The predicted molar refractivity (Wildman–Crippen MR) is 102 cm³/mol. The molecule has 0 aromatic heterocycles. The van der Waals surface area contributed by atoms with Crippen LogP contribution >= 0.6 is 12.4 Å². The Hall–Kier alpha value is -1.88. The Balaban J connectivity index is 0.00000225. The van der Waals surface area contributed by atoms with Crippen LogP contribution in [0.15, 0.2) is 54.6 Å². The Morgan fingerprint density at radius 1 is 1.16 bits per heavy atom. The number of nitrogens with zero attached hydrogens (tertiary/aromatic N) is 1. The minimum absolute atomic E-state index is 0. The highest BCUT2D eigenvalue weighted by Crippen LogP contribution is 2.31. The SMILES string of the molecule is CC1(C)COC(c2ccccc2)CN1C(=O)c1ccc(CN)cc1.Cl. The molecule has 3 rings (SSSR count). The van der Waals surface area contributed by atoms with E-state index in [4.69, 9.17) is 10.5 Å². The van der Waals surface area contributed by atoms with Crippen LogP contribution in [-0.2, 0) is 11.3 Å². The van der Waals surface area contributed by atoms with Gasteiger partial charge >= 0.3 is 0 Å². The van der Waals surface area contributed by atoms with E-state index in [2.05, 4.69) is 0 Å². The maximum atomic E-state index is 13.0. The summed E-state index contributed by atoms with van der Waals surface area (Å²) in [5, 5.41) is 0. The number of hydrogen-bond acceptors (Lipinski definition) is 3. The number of hydrogen-bond donors (Lipinski definition) is 1. The molecule has 0 saturated carbocycles. The molecule has 1 fully saturated rings. The molecule has 1 atom stereocenters. The molecule has 2 aromatic carbocycles. The summed E-state index contributed by atoms with van der Waals surface area (Å²) in [5.41, 5.74) is 8.11. The number of nitrogens with two attached hydrogens (primary N) is 1. The molecule has 134 valence electrons. The van der Waals surface area contributed by atoms with Crippen molar-refractivity contribution < 1.29 is 9.53 Å². The van der Waals surface area contributed by atoms with Crippen molar-refractivity contribution in [2.45, 2.75) is 32.0 Å². The largest absolute Gasteiger partial charge is 0.369 e. The summed E-state index contributed by atoms with van der Waals surface area (Å²) < 4.78 is 6.02. The van der Waals surface area contributed by atoms with Crippen molar-refractivity contribution in [3.8, 4) is 0 Å². The number of amides is 1. The van der Waals surface area contributed by atoms with E-state index >= 15 is 0 Å². The second-order valence-corrected chi connectivity index (χ2v) is 6.84. The number of ether oxygens (including phenoxy) is 1. The topological polar surface area (TPSA) is 55.6 Å². The van der Waals surface area contributed by atoms with Crippen LogP contribution in [0.5, 0.6) is 0 Å². The molecule has 1 unspecified atom stereocenters. The zero-order chi connectivity index (χ0) is 17.2. The average molecular weight is 361 g/mol. The Morgan fingerprint density at radius 2 is 1.80 bits per heavy atom. The first-order valence-electron chi connectivity index (χ1n) is 8.29. The van der Waals surface area contributed by atoms with E-state index < -0.39 is 0 Å². The number of morpholine rings is 1. The third kappa shape index (κ3) is 4.21. The molecule has 0 aliphatic carbocycles. The van der Waals surface area contributed by atoms with Crippen molar-refractivity contribution in [3.63, 3.8) is 0 Å². The summed E-state index contributed by atoms with van der Waals surface area (Å²) in [4.78, 5) is 15.0. The number of rotatable bonds is 3. The van der Waals surface area contributed by atoms with Crippen LogP contribution in [0.2, 0.25) is 0 Å². The summed E-state index contributed by atoms with van der Waals surface area (Å²) >= 11 is 0. The van der Waals surface area contributed by atoms with Crippen molar-refractivity contribution >= 4 is 18.3 Å². The lowest BCUT2D eigenvalue weighted by Crippen LogP contribution is -2.56. The standard InChI is InChI=1S/C20H24N2O2.ClH/c1-20(2)14-24-18(16-6-4-3-5-7-16)13-22(20)19(23)17-10-8-15(12-21)9-11-17;/h3-11,18H,12-14,21H2,1-2H3;1H. The molecule has 2 aromatic rings. The maximum Gasteiger partial charge on any atom is 0.254 e. The van der Waals surface area contributed by atoms with Crippen molar-refractivity contribution in [1.29, 1.82) is 0 Å². The van der Waals surface area contributed by atoms with Crippen molar-refractivity contribution in [3.05, 3.63) is 71.3 Å². The third-order valence-corrected chi connectivity index (χ3v) is 4.57. The molecule has 1 aliphatic heterocycles. The lowest BCUT2D eigenvalue weighted by molar-refractivity contribution is -0.0846. The average Bonchev–Trinajstić information content (AvgIpc) is 2.62. The Kier molecular flexibility index (Phi) is 6.22. The number of carbonyl (C=O) groups is 1. The Bertz CT molecular complexity index is 701. The monoisotopic (exact) mass is 360 g/mol.